The summed E-state index contributed by atoms with van der Waals surface area (Å²) in [5.41, 5.74) is 4.41. The molecule has 0 amide bonds. The normalized spacial score (nSPS) is 10.4. The molecule has 2 N–H and O–H groups in total. The quantitative estimate of drug-likeness (QED) is 0.556. The third-order valence-corrected chi connectivity index (χ3v) is 4.35. The van der Waals surface area contributed by atoms with Gasteiger partial charge in [-0.2, -0.15) is 4.98 Å². The molecule has 0 saturated carbocycles. The number of aromatic nitrogens is 2. The molecule has 2 aromatic carbocycles. The first-order chi connectivity index (χ1) is 13.5. The highest BCUT2D eigenvalue weighted by molar-refractivity contribution is 5.59. The van der Waals surface area contributed by atoms with Crippen molar-refractivity contribution in [3.05, 3.63) is 65.4 Å². The summed E-state index contributed by atoms with van der Waals surface area (Å²) >= 11 is 0. The van der Waals surface area contributed by atoms with Gasteiger partial charge in [0.25, 0.3) is 0 Å². The highest BCUT2D eigenvalue weighted by Crippen LogP contribution is 2.20. The number of hydrogen-bond acceptors (Lipinski definition) is 6. The molecule has 6 heteroatoms. The van der Waals surface area contributed by atoms with Crippen LogP contribution in [-0.2, 0) is 0 Å². The van der Waals surface area contributed by atoms with Crippen LogP contribution < -0.4 is 20.1 Å². The number of aryl methyl sites for hydroxylation is 3. The second-order valence-electron chi connectivity index (χ2n) is 6.59. The van der Waals surface area contributed by atoms with Crippen LogP contribution in [0.5, 0.6) is 11.5 Å². The summed E-state index contributed by atoms with van der Waals surface area (Å²) in [4.78, 5) is 8.98. The van der Waals surface area contributed by atoms with Crippen molar-refractivity contribution in [2.75, 3.05) is 30.9 Å². The second kappa shape index (κ2) is 9.08. The van der Waals surface area contributed by atoms with Gasteiger partial charge in [-0.3, -0.25) is 0 Å². The predicted octanol–water partition coefficient (Wildman–Crippen LogP) is 4.64. The van der Waals surface area contributed by atoms with Crippen molar-refractivity contribution >= 4 is 17.5 Å². The Balaban J connectivity index is 1.55. The zero-order chi connectivity index (χ0) is 19.9. The van der Waals surface area contributed by atoms with E-state index in [0.717, 1.165) is 28.7 Å². The summed E-state index contributed by atoms with van der Waals surface area (Å²) in [5.74, 6) is 2.94. The fourth-order valence-corrected chi connectivity index (χ4v) is 2.68. The van der Waals surface area contributed by atoms with Gasteiger partial charge in [0.05, 0.1) is 13.7 Å². The topological polar surface area (TPSA) is 68.3 Å². The van der Waals surface area contributed by atoms with Gasteiger partial charge < -0.3 is 20.1 Å². The van der Waals surface area contributed by atoms with Crippen molar-refractivity contribution in [1.82, 2.24) is 9.97 Å². The summed E-state index contributed by atoms with van der Waals surface area (Å²) in [6.45, 7) is 7.25. The molecule has 0 aliphatic rings. The average molecular weight is 378 g/mol. The van der Waals surface area contributed by atoms with Gasteiger partial charge in [-0.05, 0) is 68.3 Å². The summed E-state index contributed by atoms with van der Waals surface area (Å²) in [5, 5.41) is 6.56. The number of anilines is 3. The molecule has 3 rings (SSSR count). The Morgan fingerprint density at radius 3 is 2.32 bits per heavy atom. The lowest BCUT2D eigenvalue weighted by Crippen LogP contribution is -2.14. The first kappa shape index (κ1) is 19.5. The molecule has 1 heterocycles. The van der Waals surface area contributed by atoms with Gasteiger partial charge in [0.15, 0.2) is 0 Å². The van der Waals surface area contributed by atoms with E-state index >= 15 is 0 Å². The van der Waals surface area contributed by atoms with Crippen molar-refractivity contribution in [2.24, 2.45) is 0 Å². The zero-order valence-electron chi connectivity index (χ0n) is 16.7. The Hall–Kier alpha value is -3.28. The number of nitrogens with zero attached hydrogens (tertiary/aromatic N) is 2. The summed E-state index contributed by atoms with van der Waals surface area (Å²) in [6.07, 6.45) is 0. The monoisotopic (exact) mass is 378 g/mol. The number of methoxy groups -OCH3 is 1. The number of nitrogens with one attached hydrogen (secondary N) is 2. The summed E-state index contributed by atoms with van der Waals surface area (Å²) in [7, 11) is 1.64. The van der Waals surface area contributed by atoms with Crippen LogP contribution in [-0.4, -0.2) is 30.2 Å². The average Bonchev–Trinajstić information content (AvgIpc) is 2.68. The van der Waals surface area contributed by atoms with Crippen LogP contribution in [0.2, 0.25) is 0 Å². The maximum atomic E-state index is 5.72. The third kappa shape index (κ3) is 5.36. The molecule has 146 valence electrons. The van der Waals surface area contributed by atoms with Crippen molar-refractivity contribution in [3.63, 3.8) is 0 Å². The van der Waals surface area contributed by atoms with Gasteiger partial charge in [0.2, 0.25) is 5.95 Å². The van der Waals surface area contributed by atoms with Crippen LogP contribution in [0.15, 0.2) is 48.5 Å². The van der Waals surface area contributed by atoms with E-state index in [9.17, 15) is 0 Å². The Bertz CT molecular complexity index is 926. The zero-order valence-corrected chi connectivity index (χ0v) is 16.7. The Kier molecular flexibility index (Phi) is 6.32. The van der Waals surface area contributed by atoms with E-state index in [1.165, 1.54) is 11.1 Å². The van der Waals surface area contributed by atoms with E-state index in [-0.39, 0.29) is 0 Å². The predicted molar refractivity (Wildman–Crippen MR) is 113 cm³/mol. The van der Waals surface area contributed by atoms with Crippen molar-refractivity contribution in [3.8, 4) is 11.5 Å². The highest BCUT2D eigenvalue weighted by Gasteiger charge is 2.04. The fourth-order valence-electron chi connectivity index (χ4n) is 2.68. The molecule has 0 fully saturated rings. The molecule has 0 bridgehead atoms. The van der Waals surface area contributed by atoms with Crippen molar-refractivity contribution in [2.45, 2.75) is 20.8 Å². The smallest absolute Gasteiger partial charge is 0.224 e. The number of hydrogen-bond donors (Lipinski definition) is 2. The highest BCUT2D eigenvalue weighted by atomic mass is 16.5. The maximum absolute atomic E-state index is 5.72. The fraction of sp³-hybridized carbons (Fsp3) is 0.273. The molecule has 3 aromatic rings. The second-order valence-corrected chi connectivity index (χ2v) is 6.59. The lowest BCUT2D eigenvalue weighted by Gasteiger charge is -2.12. The lowest BCUT2D eigenvalue weighted by molar-refractivity contribution is 0.331. The molecule has 0 aliphatic carbocycles. The Labute approximate surface area is 166 Å². The molecule has 1 aromatic heterocycles. The first-order valence-corrected chi connectivity index (χ1v) is 9.24. The Morgan fingerprint density at radius 1 is 0.857 bits per heavy atom. The molecular formula is C22H26N4O2. The number of ether oxygens (including phenoxy) is 2. The lowest BCUT2D eigenvalue weighted by atomic mass is 10.1. The third-order valence-electron chi connectivity index (χ3n) is 4.35. The SMILES string of the molecule is COc1ccc(OCCNc2nc(C)cc(Nc3ccc(C)c(C)c3)n2)cc1. The van der Waals surface area contributed by atoms with Gasteiger partial charge in [-0.15, -0.1) is 0 Å². The number of rotatable bonds is 8. The molecule has 6 nitrogen and oxygen atoms in total. The standard InChI is InChI=1S/C22H26N4O2/c1-15-5-6-18(13-16(15)2)25-21-14-17(3)24-22(26-21)23-11-12-28-20-9-7-19(27-4)8-10-20/h5-10,13-14H,11-12H2,1-4H3,(H2,23,24,25,26). The number of benzene rings is 2. The molecule has 0 saturated heterocycles. The molecular weight excluding hydrogens is 352 g/mol. The van der Waals surface area contributed by atoms with Gasteiger partial charge in [0.1, 0.15) is 23.9 Å². The van der Waals surface area contributed by atoms with Crippen LogP contribution in [0, 0.1) is 20.8 Å². The molecule has 28 heavy (non-hydrogen) atoms. The van der Waals surface area contributed by atoms with Gasteiger partial charge in [-0.1, -0.05) is 6.07 Å². The van der Waals surface area contributed by atoms with E-state index in [1.54, 1.807) is 7.11 Å². The van der Waals surface area contributed by atoms with Crippen LogP contribution in [0.4, 0.5) is 17.5 Å². The van der Waals surface area contributed by atoms with E-state index in [4.69, 9.17) is 9.47 Å². The van der Waals surface area contributed by atoms with Gasteiger partial charge in [-0.25, -0.2) is 4.98 Å². The van der Waals surface area contributed by atoms with E-state index in [2.05, 4.69) is 52.6 Å². The molecule has 0 aliphatic heterocycles. The van der Waals surface area contributed by atoms with Gasteiger partial charge >= 0.3 is 0 Å². The maximum Gasteiger partial charge on any atom is 0.224 e. The summed E-state index contributed by atoms with van der Waals surface area (Å²) in [6, 6.07) is 15.7. The van der Waals surface area contributed by atoms with E-state index in [0.29, 0.717) is 19.1 Å². The van der Waals surface area contributed by atoms with Crippen molar-refractivity contribution < 1.29 is 9.47 Å². The molecule has 0 unspecified atom stereocenters. The van der Waals surface area contributed by atoms with Crippen LogP contribution in [0.25, 0.3) is 0 Å². The van der Waals surface area contributed by atoms with Crippen LogP contribution in [0.1, 0.15) is 16.8 Å². The molecule has 0 radical (unpaired) electrons. The summed E-state index contributed by atoms with van der Waals surface area (Å²) < 4.78 is 10.9. The molecule has 0 spiro atoms. The van der Waals surface area contributed by atoms with E-state index < -0.39 is 0 Å². The minimum atomic E-state index is 0.504. The van der Waals surface area contributed by atoms with Crippen molar-refractivity contribution in [1.29, 1.82) is 0 Å². The van der Waals surface area contributed by atoms with Crippen LogP contribution in [0.3, 0.4) is 0 Å². The minimum absolute atomic E-state index is 0.504. The van der Waals surface area contributed by atoms with Crippen LogP contribution >= 0.6 is 0 Å². The first-order valence-electron chi connectivity index (χ1n) is 9.24. The van der Waals surface area contributed by atoms with Gasteiger partial charge in [0, 0.05) is 17.4 Å². The molecule has 0 atom stereocenters. The Morgan fingerprint density at radius 2 is 1.61 bits per heavy atom. The minimum Gasteiger partial charge on any atom is -0.497 e. The largest absolute Gasteiger partial charge is 0.497 e. The van der Waals surface area contributed by atoms with E-state index in [1.807, 2.05) is 37.3 Å².